The van der Waals surface area contributed by atoms with Crippen molar-refractivity contribution < 1.29 is 29.5 Å². The van der Waals surface area contributed by atoms with E-state index in [-0.39, 0.29) is 29.7 Å². The fourth-order valence-corrected chi connectivity index (χ4v) is 2.41. The van der Waals surface area contributed by atoms with Crippen LogP contribution in [0, 0.1) is 10.1 Å². The lowest BCUT2D eigenvalue weighted by atomic mass is 9.76. The third-order valence-corrected chi connectivity index (χ3v) is 3.68. The van der Waals surface area contributed by atoms with Crippen molar-refractivity contribution in [3.05, 3.63) is 33.4 Å². The highest BCUT2D eigenvalue weighted by Gasteiger charge is 2.51. The number of carboxylic acids is 2. The molecule has 0 amide bonds. The molecule has 0 spiro atoms. The SMILES string of the molecule is CCc1cc(OC)cc(C(CC)(C(=O)O)C(=O)O)c1[N+](=O)[O-]. The largest absolute Gasteiger partial charge is 0.497 e. The standard InChI is InChI=1S/C14H17NO7/c1-4-8-6-9(22-3)7-10(11(8)15(20)21)14(5-2,12(16)17)13(18)19/h6-7H,4-5H2,1-3H3,(H,16,17)(H,18,19). The molecule has 0 radical (unpaired) electrons. The zero-order chi connectivity index (χ0) is 17.1. The van der Waals surface area contributed by atoms with E-state index in [1.54, 1.807) is 6.92 Å². The summed E-state index contributed by atoms with van der Waals surface area (Å²) >= 11 is 0. The summed E-state index contributed by atoms with van der Waals surface area (Å²) in [7, 11) is 1.32. The van der Waals surface area contributed by atoms with Crippen LogP contribution in [0.5, 0.6) is 5.75 Å². The number of carbonyl (C=O) groups is 2. The van der Waals surface area contributed by atoms with E-state index in [0.717, 1.165) is 6.07 Å². The normalized spacial score (nSPS) is 11.0. The Labute approximate surface area is 126 Å². The second-order valence-corrected chi connectivity index (χ2v) is 4.66. The Morgan fingerprint density at radius 3 is 2.14 bits per heavy atom. The zero-order valence-corrected chi connectivity index (χ0v) is 12.5. The van der Waals surface area contributed by atoms with Gasteiger partial charge in [-0.1, -0.05) is 13.8 Å². The lowest BCUT2D eigenvalue weighted by Crippen LogP contribution is -2.43. The number of aliphatic carboxylic acids is 2. The van der Waals surface area contributed by atoms with Crippen LogP contribution in [0.4, 0.5) is 5.69 Å². The topological polar surface area (TPSA) is 127 Å². The lowest BCUT2D eigenvalue weighted by molar-refractivity contribution is -0.386. The highest BCUT2D eigenvalue weighted by Crippen LogP contribution is 2.40. The van der Waals surface area contributed by atoms with Crippen molar-refractivity contribution in [1.29, 1.82) is 0 Å². The van der Waals surface area contributed by atoms with Crippen LogP contribution in [-0.2, 0) is 21.4 Å². The van der Waals surface area contributed by atoms with Crippen molar-refractivity contribution in [3.63, 3.8) is 0 Å². The van der Waals surface area contributed by atoms with Gasteiger partial charge >= 0.3 is 11.9 Å². The molecular weight excluding hydrogens is 294 g/mol. The molecule has 1 aromatic rings. The van der Waals surface area contributed by atoms with E-state index in [2.05, 4.69) is 0 Å². The number of aryl methyl sites for hydroxylation is 1. The maximum absolute atomic E-state index is 11.6. The van der Waals surface area contributed by atoms with Crippen molar-refractivity contribution in [2.24, 2.45) is 0 Å². The molecule has 0 atom stereocenters. The van der Waals surface area contributed by atoms with E-state index in [9.17, 15) is 29.9 Å². The Morgan fingerprint density at radius 1 is 1.27 bits per heavy atom. The number of hydrogen-bond donors (Lipinski definition) is 2. The summed E-state index contributed by atoms with van der Waals surface area (Å²) in [4.78, 5) is 33.9. The van der Waals surface area contributed by atoms with Gasteiger partial charge in [0.05, 0.1) is 17.6 Å². The summed E-state index contributed by atoms with van der Waals surface area (Å²) in [6.45, 7) is 3.01. The average Bonchev–Trinajstić information content (AvgIpc) is 2.46. The summed E-state index contributed by atoms with van der Waals surface area (Å²) in [5.41, 5.74) is -3.05. The first kappa shape index (κ1) is 17.4. The molecule has 0 saturated carbocycles. The van der Waals surface area contributed by atoms with Gasteiger partial charge in [0.25, 0.3) is 5.69 Å². The fourth-order valence-electron chi connectivity index (χ4n) is 2.41. The van der Waals surface area contributed by atoms with E-state index in [1.165, 1.54) is 20.1 Å². The number of ether oxygens (including phenoxy) is 1. The maximum atomic E-state index is 11.6. The maximum Gasteiger partial charge on any atom is 0.325 e. The number of methoxy groups -OCH3 is 1. The summed E-state index contributed by atoms with van der Waals surface area (Å²) in [6, 6.07) is 2.52. The molecule has 120 valence electrons. The van der Waals surface area contributed by atoms with Crippen LogP contribution in [0.25, 0.3) is 0 Å². The molecule has 1 rings (SSSR count). The van der Waals surface area contributed by atoms with Crippen molar-refractivity contribution in [2.75, 3.05) is 7.11 Å². The molecule has 0 bridgehead atoms. The summed E-state index contributed by atoms with van der Waals surface area (Å²) in [6.07, 6.45) is -0.103. The second-order valence-electron chi connectivity index (χ2n) is 4.66. The van der Waals surface area contributed by atoms with E-state index in [4.69, 9.17) is 4.74 Å². The highest BCUT2D eigenvalue weighted by molar-refractivity contribution is 6.05. The summed E-state index contributed by atoms with van der Waals surface area (Å²) in [5.74, 6) is -3.13. The van der Waals surface area contributed by atoms with Gasteiger partial charge in [0, 0.05) is 5.56 Å². The van der Waals surface area contributed by atoms with Gasteiger partial charge in [0.1, 0.15) is 5.75 Å². The molecule has 0 heterocycles. The number of nitrogens with zero attached hydrogens (tertiary/aromatic N) is 1. The Morgan fingerprint density at radius 2 is 1.82 bits per heavy atom. The Balaban J connectivity index is 3.93. The molecule has 0 aliphatic rings. The smallest absolute Gasteiger partial charge is 0.325 e. The second kappa shape index (κ2) is 6.42. The molecule has 0 fully saturated rings. The van der Waals surface area contributed by atoms with E-state index in [0.29, 0.717) is 0 Å². The van der Waals surface area contributed by atoms with Gasteiger partial charge in [0.2, 0.25) is 0 Å². The predicted molar refractivity (Wildman–Crippen MR) is 76.3 cm³/mol. The first-order chi connectivity index (χ1) is 10.3. The number of rotatable bonds is 7. The Bertz CT molecular complexity index is 610. The summed E-state index contributed by atoms with van der Waals surface area (Å²) < 4.78 is 5.02. The molecular formula is C14H17NO7. The molecule has 0 aliphatic carbocycles. The highest BCUT2D eigenvalue weighted by atomic mass is 16.6. The number of benzene rings is 1. The van der Waals surface area contributed by atoms with Crippen molar-refractivity contribution in [2.45, 2.75) is 32.1 Å². The van der Waals surface area contributed by atoms with E-state index < -0.39 is 28.0 Å². The number of hydrogen-bond acceptors (Lipinski definition) is 5. The van der Waals surface area contributed by atoms with Crippen molar-refractivity contribution >= 4 is 17.6 Å². The van der Waals surface area contributed by atoms with Crippen LogP contribution in [0.1, 0.15) is 31.4 Å². The van der Waals surface area contributed by atoms with Crippen LogP contribution in [0.15, 0.2) is 12.1 Å². The quantitative estimate of drug-likeness (QED) is 0.447. The van der Waals surface area contributed by atoms with Gasteiger partial charge in [-0.05, 0) is 25.0 Å². The van der Waals surface area contributed by atoms with Gasteiger partial charge < -0.3 is 14.9 Å². The minimum atomic E-state index is -2.40. The molecule has 8 nitrogen and oxygen atoms in total. The van der Waals surface area contributed by atoms with Crippen molar-refractivity contribution in [1.82, 2.24) is 0 Å². The number of nitro benzene ring substituents is 1. The molecule has 0 unspecified atom stereocenters. The third kappa shape index (κ3) is 2.59. The van der Waals surface area contributed by atoms with Crippen molar-refractivity contribution in [3.8, 4) is 5.75 Å². The fraction of sp³-hybridized carbons (Fsp3) is 0.429. The van der Waals surface area contributed by atoms with Gasteiger partial charge in [-0.2, -0.15) is 0 Å². The minimum Gasteiger partial charge on any atom is -0.497 e. The van der Waals surface area contributed by atoms with Crippen LogP contribution in [0.3, 0.4) is 0 Å². The zero-order valence-electron chi connectivity index (χ0n) is 12.5. The molecule has 1 aromatic carbocycles. The van der Waals surface area contributed by atoms with Gasteiger partial charge in [-0.15, -0.1) is 0 Å². The van der Waals surface area contributed by atoms with E-state index in [1.807, 2.05) is 0 Å². The summed E-state index contributed by atoms with van der Waals surface area (Å²) in [5, 5.41) is 30.3. The predicted octanol–water partition coefficient (Wildman–Crippen LogP) is 1.98. The molecule has 8 heteroatoms. The molecule has 2 N–H and O–H groups in total. The van der Waals surface area contributed by atoms with Gasteiger partial charge in [-0.3, -0.25) is 19.7 Å². The average molecular weight is 311 g/mol. The number of nitro groups is 1. The molecule has 0 aliphatic heterocycles. The van der Waals surface area contributed by atoms with Crippen LogP contribution in [0.2, 0.25) is 0 Å². The number of carboxylic acid groups (broad SMARTS) is 2. The monoisotopic (exact) mass is 311 g/mol. The molecule has 0 saturated heterocycles. The van der Waals surface area contributed by atoms with Crippen LogP contribution in [-0.4, -0.2) is 34.2 Å². The minimum absolute atomic E-state index is 0.178. The van der Waals surface area contributed by atoms with E-state index >= 15 is 0 Å². The first-order valence-electron chi connectivity index (χ1n) is 6.58. The Hall–Kier alpha value is -2.64. The van der Waals surface area contributed by atoms with Crippen LogP contribution >= 0.6 is 0 Å². The lowest BCUT2D eigenvalue weighted by Gasteiger charge is -2.24. The third-order valence-electron chi connectivity index (χ3n) is 3.68. The van der Waals surface area contributed by atoms with Gasteiger partial charge in [-0.25, -0.2) is 0 Å². The molecule has 22 heavy (non-hydrogen) atoms. The Kier molecular flexibility index (Phi) is 5.08. The molecule has 0 aromatic heterocycles. The van der Waals surface area contributed by atoms with Gasteiger partial charge in [0.15, 0.2) is 5.41 Å². The first-order valence-corrected chi connectivity index (χ1v) is 6.58. The van der Waals surface area contributed by atoms with Crippen LogP contribution < -0.4 is 4.74 Å².